The smallest absolute Gasteiger partial charge is 0.219 e. The van der Waals surface area contributed by atoms with Gasteiger partial charge in [-0.05, 0) is 31.2 Å². The third kappa shape index (κ3) is 2.46. The van der Waals surface area contributed by atoms with Crippen molar-refractivity contribution in [1.82, 2.24) is 9.88 Å². The van der Waals surface area contributed by atoms with E-state index < -0.39 is 0 Å². The molecule has 0 aliphatic carbocycles. The van der Waals surface area contributed by atoms with Gasteiger partial charge in [0.25, 0.3) is 0 Å². The molecule has 2 aromatic rings. The minimum Gasteiger partial charge on any atom is -0.353 e. The van der Waals surface area contributed by atoms with Crippen molar-refractivity contribution in [3.63, 3.8) is 0 Å². The summed E-state index contributed by atoms with van der Waals surface area (Å²) in [6.45, 7) is 6.99. The lowest BCUT2D eigenvalue weighted by atomic mass is 10.1. The van der Waals surface area contributed by atoms with Crippen LogP contribution >= 0.6 is 0 Å². The summed E-state index contributed by atoms with van der Waals surface area (Å²) in [5.41, 5.74) is 2.28. The molecule has 0 spiro atoms. The Labute approximate surface area is 119 Å². The number of aryl methyl sites for hydroxylation is 1. The number of aromatic nitrogens is 1. The molecule has 0 atom stereocenters. The molecule has 0 unspecified atom stereocenters. The molecule has 1 aromatic carbocycles. The van der Waals surface area contributed by atoms with Crippen molar-refractivity contribution in [2.75, 3.05) is 31.1 Å². The Morgan fingerprint density at radius 3 is 2.55 bits per heavy atom. The summed E-state index contributed by atoms with van der Waals surface area (Å²) >= 11 is 0. The number of carbonyl (C=O) groups excluding carboxylic acids is 1. The predicted octanol–water partition coefficient (Wildman–Crippen LogP) is 2.21. The highest BCUT2D eigenvalue weighted by atomic mass is 16.2. The number of piperazine rings is 1. The van der Waals surface area contributed by atoms with Crippen LogP contribution in [-0.2, 0) is 4.79 Å². The molecule has 1 saturated heterocycles. The average molecular weight is 269 g/mol. The van der Waals surface area contributed by atoms with Crippen molar-refractivity contribution in [3.8, 4) is 0 Å². The Balaban J connectivity index is 1.81. The van der Waals surface area contributed by atoms with Gasteiger partial charge in [-0.2, -0.15) is 0 Å². The molecule has 4 heteroatoms. The van der Waals surface area contributed by atoms with E-state index in [0.29, 0.717) is 0 Å². The van der Waals surface area contributed by atoms with Gasteiger partial charge in [0.15, 0.2) is 0 Å². The van der Waals surface area contributed by atoms with Gasteiger partial charge in [0.05, 0.1) is 5.52 Å². The van der Waals surface area contributed by atoms with Gasteiger partial charge in [0.2, 0.25) is 5.91 Å². The highest BCUT2D eigenvalue weighted by Crippen LogP contribution is 2.20. The lowest BCUT2D eigenvalue weighted by Crippen LogP contribution is -2.48. The quantitative estimate of drug-likeness (QED) is 0.796. The van der Waals surface area contributed by atoms with Crippen LogP contribution in [0.25, 0.3) is 10.9 Å². The number of benzene rings is 1. The van der Waals surface area contributed by atoms with Gasteiger partial charge in [-0.1, -0.05) is 11.6 Å². The lowest BCUT2D eigenvalue weighted by molar-refractivity contribution is -0.129. The van der Waals surface area contributed by atoms with Crippen molar-refractivity contribution in [3.05, 3.63) is 35.9 Å². The first-order valence-electron chi connectivity index (χ1n) is 7.01. The van der Waals surface area contributed by atoms with Crippen molar-refractivity contribution < 1.29 is 4.79 Å². The minimum atomic E-state index is 0.159. The number of rotatable bonds is 1. The zero-order chi connectivity index (χ0) is 14.1. The summed E-state index contributed by atoms with van der Waals surface area (Å²) in [5.74, 6) is 1.16. The Morgan fingerprint density at radius 2 is 1.85 bits per heavy atom. The van der Waals surface area contributed by atoms with E-state index in [1.54, 1.807) is 6.92 Å². The van der Waals surface area contributed by atoms with Crippen LogP contribution in [0.5, 0.6) is 0 Å². The van der Waals surface area contributed by atoms with E-state index in [2.05, 4.69) is 42.2 Å². The van der Waals surface area contributed by atoms with Crippen LogP contribution in [0, 0.1) is 6.92 Å². The SMILES string of the molecule is CC(=O)N1CCN(c2ccc3cc(C)ccc3n2)CC1. The first-order valence-corrected chi connectivity index (χ1v) is 7.01. The molecule has 0 N–H and O–H groups in total. The summed E-state index contributed by atoms with van der Waals surface area (Å²) < 4.78 is 0. The van der Waals surface area contributed by atoms with Gasteiger partial charge in [0.1, 0.15) is 5.82 Å². The van der Waals surface area contributed by atoms with Gasteiger partial charge in [-0.15, -0.1) is 0 Å². The molecule has 2 heterocycles. The van der Waals surface area contributed by atoms with Crippen LogP contribution in [-0.4, -0.2) is 42.0 Å². The lowest BCUT2D eigenvalue weighted by Gasteiger charge is -2.35. The van der Waals surface area contributed by atoms with Crippen LogP contribution in [0.4, 0.5) is 5.82 Å². The van der Waals surface area contributed by atoms with Gasteiger partial charge in [-0.25, -0.2) is 4.98 Å². The molecule has 3 rings (SSSR count). The van der Waals surface area contributed by atoms with E-state index in [1.807, 2.05) is 4.90 Å². The molecule has 0 saturated carbocycles. The average Bonchev–Trinajstić information content (AvgIpc) is 2.47. The molecule has 20 heavy (non-hydrogen) atoms. The predicted molar refractivity (Wildman–Crippen MR) is 80.9 cm³/mol. The fourth-order valence-electron chi connectivity index (χ4n) is 2.66. The highest BCUT2D eigenvalue weighted by molar-refractivity contribution is 5.81. The zero-order valence-electron chi connectivity index (χ0n) is 12.0. The topological polar surface area (TPSA) is 36.4 Å². The molecule has 1 aromatic heterocycles. The van der Waals surface area contributed by atoms with Crippen LogP contribution in [0.1, 0.15) is 12.5 Å². The molecule has 0 radical (unpaired) electrons. The van der Waals surface area contributed by atoms with E-state index in [4.69, 9.17) is 4.98 Å². The number of amides is 1. The van der Waals surface area contributed by atoms with Gasteiger partial charge in [0, 0.05) is 38.5 Å². The zero-order valence-corrected chi connectivity index (χ0v) is 12.0. The summed E-state index contributed by atoms with van der Waals surface area (Å²) in [5, 5.41) is 1.18. The maximum Gasteiger partial charge on any atom is 0.219 e. The number of carbonyl (C=O) groups is 1. The number of anilines is 1. The van der Waals surface area contributed by atoms with Gasteiger partial charge >= 0.3 is 0 Å². The maximum absolute atomic E-state index is 11.3. The van der Waals surface area contributed by atoms with E-state index in [1.165, 1.54) is 10.9 Å². The highest BCUT2D eigenvalue weighted by Gasteiger charge is 2.19. The van der Waals surface area contributed by atoms with Gasteiger partial charge in [-0.3, -0.25) is 4.79 Å². The fourth-order valence-corrected chi connectivity index (χ4v) is 2.66. The summed E-state index contributed by atoms with van der Waals surface area (Å²) in [6.07, 6.45) is 0. The van der Waals surface area contributed by atoms with Crippen LogP contribution < -0.4 is 4.90 Å². The summed E-state index contributed by atoms with van der Waals surface area (Å²) in [7, 11) is 0. The third-order valence-corrected chi connectivity index (χ3v) is 3.88. The maximum atomic E-state index is 11.3. The third-order valence-electron chi connectivity index (χ3n) is 3.88. The molecule has 4 nitrogen and oxygen atoms in total. The Morgan fingerprint density at radius 1 is 1.10 bits per heavy atom. The number of pyridine rings is 1. The standard InChI is InChI=1S/C16H19N3O/c1-12-3-5-15-14(11-12)4-6-16(17-15)19-9-7-18(8-10-19)13(2)20/h3-6,11H,7-10H2,1-2H3. The number of hydrogen-bond donors (Lipinski definition) is 0. The Kier molecular flexibility index (Phi) is 3.30. The van der Waals surface area contributed by atoms with Gasteiger partial charge < -0.3 is 9.80 Å². The molecule has 104 valence electrons. The van der Waals surface area contributed by atoms with E-state index in [9.17, 15) is 4.79 Å². The van der Waals surface area contributed by atoms with E-state index in [0.717, 1.165) is 37.5 Å². The van der Waals surface area contributed by atoms with E-state index in [-0.39, 0.29) is 5.91 Å². The minimum absolute atomic E-state index is 0.159. The van der Waals surface area contributed by atoms with Crippen LogP contribution in [0.3, 0.4) is 0 Å². The van der Waals surface area contributed by atoms with Crippen LogP contribution in [0.2, 0.25) is 0 Å². The first-order chi connectivity index (χ1) is 9.63. The second-order valence-electron chi connectivity index (χ2n) is 5.36. The summed E-state index contributed by atoms with van der Waals surface area (Å²) in [6, 6.07) is 10.5. The molecule has 1 amide bonds. The van der Waals surface area contributed by atoms with Crippen molar-refractivity contribution in [1.29, 1.82) is 0 Å². The molecular formula is C16H19N3O. The molecule has 0 bridgehead atoms. The second kappa shape index (κ2) is 5.12. The largest absolute Gasteiger partial charge is 0.353 e. The summed E-state index contributed by atoms with van der Waals surface area (Å²) in [4.78, 5) is 20.2. The monoisotopic (exact) mass is 269 g/mol. The van der Waals surface area contributed by atoms with Crippen molar-refractivity contribution in [2.24, 2.45) is 0 Å². The number of fused-ring (bicyclic) bond motifs is 1. The van der Waals surface area contributed by atoms with Crippen LogP contribution in [0.15, 0.2) is 30.3 Å². The Bertz CT molecular complexity index is 645. The molecule has 1 aliphatic heterocycles. The number of hydrogen-bond acceptors (Lipinski definition) is 3. The van der Waals surface area contributed by atoms with Crippen molar-refractivity contribution in [2.45, 2.75) is 13.8 Å². The fraction of sp³-hybridized carbons (Fsp3) is 0.375. The first kappa shape index (κ1) is 12.9. The second-order valence-corrected chi connectivity index (χ2v) is 5.36. The molecular weight excluding hydrogens is 250 g/mol. The molecule has 1 aliphatic rings. The van der Waals surface area contributed by atoms with E-state index >= 15 is 0 Å². The number of nitrogens with zero attached hydrogens (tertiary/aromatic N) is 3. The van der Waals surface area contributed by atoms with Crippen molar-refractivity contribution >= 4 is 22.6 Å². The Hall–Kier alpha value is -2.10. The molecule has 1 fully saturated rings. The normalized spacial score (nSPS) is 15.7.